The molecule has 0 amide bonds. The fourth-order valence-corrected chi connectivity index (χ4v) is 1.59. The summed E-state index contributed by atoms with van der Waals surface area (Å²) in [6.07, 6.45) is 2.31. The lowest BCUT2D eigenvalue weighted by Crippen LogP contribution is -2.07. The van der Waals surface area contributed by atoms with Crippen molar-refractivity contribution >= 4 is 10.3 Å². The second-order valence-corrected chi connectivity index (χ2v) is 4.25. The summed E-state index contributed by atoms with van der Waals surface area (Å²) in [6, 6.07) is 9.10. The first kappa shape index (κ1) is 9.88. The number of nitrogens with zero attached hydrogens (tertiary/aromatic N) is 2. The molecule has 0 aliphatic heterocycles. The van der Waals surface area contributed by atoms with Crippen molar-refractivity contribution in [3.05, 3.63) is 42.9 Å². The zero-order chi connectivity index (χ0) is 10.9. The lowest BCUT2D eigenvalue weighted by Gasteiger charge is -1.94. The van der Waals surface area contributed by atoms with Crippen molar-refractivity contribution in [2.75, 3.05) is 0 Å². The van der Waals surface area contributed by atoms with Crippen LogP contribution in [-0.2, 0) is 10.3 Å². The van der Waals surface area contributed by atoms with Crippen LogP contribution in [0.4, 0.5) is 0 Å². The number of benzene rings is 1. The molecule has 0 aliphatic carbocycles. The standard InChI is InChI=1S/C9H8N2O3S/c12-15(13,14)11-6-9(10-7-11)8-4-2-1-3-5-8/h1-7H,(H,12,13,14). The third-order valence-electron chi connectivity index (χ3n) is 1.90. The Morgan fingerprint density at radius 3 is 2.40 bits per heavy atom. The number of imidazole rings is 1. The summed E-state index contributed by atoms with van der Waals surface area (Å²) in [6.45, 7) is 0. The van der Waals surface area contributed by atoms with E-state index >= 15 is 0 Å². The zero-order valence-corrected chi connectivity index (χ0v) is 8.42. The van der Waals surface area contributed by atoms with Crippen molar-refractivity contribution in [1.29, 1.82) is 0 Å². The Labute approximate surface area is 86.9 Å². The van der Waals surface area contributed by atoms with E-state index in [1.165, 1.54) is 6.20 Å². The predicted octanol–water partition coefficient (Wildman–Crippen LogP) is 1.20. The number of hydrogen-bond donors (Lipinski definition) is 1. The topological polar surface area (TPSA) is 72.2 Å². The molecule has 1 N–H and O–H groups in total. The summed E-state index contributed by atoms with van der Waals surface area (Å²) in [7, 11) is -4.24. The van der Waals surface area contributed by atoms with Crippen LogP contribution in [0.3, 0.4) is 0 Å². The monoisotopic (exact) mass is 224 g/mol. The maximum absolute atomic E-state index is 10.8. The first-order valence-electron chi connectivity index (χ1n) is 4.15. The molecular formula is C9H8N2O3S. The summed E-state index contributed by atoms with van der Waals surface area (Å²) in [5, 5.41) is 0. The van der Waals surface area contributed by atoms with Crippen LogP contribution >= 0.6 is 0 Å². The van der Waals surface area contributed by atoms with Crippen LogP contribution in [0.25, 0.3) is 11.3 Å². The molecule has 0 saturated carbocycles. The van der Waals surface area contributed by atoms with Crippen molar-refractivity contribution in [3.8, 4) is 11.3 Å². The van der Waals surface area contributed by atoms with Crippen LogP contribution in [0, 0.1) is 0 Å². The average Bonchev–Trinajstić information content (AvgIpc) is 2.67. The molecule has 0 aliphatic rings. The summed E-state index contributed by atoms with van der Waals surface area (Å²) in [5.41, 5.74) is 1.29. The Bertz CT molecular complexity index is 560. The van der Waals surface area contributed by atoms with Gasteiger partial charge in [-0.05, 0) is 0 Å². The molecule has 0 bridgehead atoms. The van der Waals surface area contributed by atoms with Gasteiger partial charge in [-0.15, -0.1) is 0 Å². The summed E-state index contributed by atoms with van der Waals surface area (Å²) >= 11 is 0. The molecule has 78 valence electrons. The molecule has 0 radical (unpaired) electrons. The van der Waals surface area contributed by atoms with Gasteiger partial charge in [0.25, 0.3) is 0 Å². The zero-order valence-electron chi connectivity index (χ0n) is 7.61. The van der Waals surface area contributed by atoms with Crippen LogP contribution in [0.2, 0.25) is 0 Å². The van der Waals surface area contributed by atoms with Gasteiger partial charge < -0.3 is 0 Å². The van der Waals surface area contributed by atoms with Gasteiger partial charge in [0.15, 0.2) is 0 Å². The first-order valence-corrected chi connectivity index (χ1v) is 5.54. The molecule has 1 aromatic heterocycles. The second-order valence-electron chi connectivity index (χ2n) is 2.93. The minimum Gasteiger partial charge on any atom is -0.269 e. The highest BCUT2D eigenvalue weighted by atomic mass is 32.2. The molecule has 1 heterocycles. The SMILES string of the molecule is O=S(=O)(O)n1cnc(-c2ccccc2)c1. The van der Waals surface area contributed by atoms with Crippen molar-refractivity contribution < 1.29 is 13.0 Å². The van der Waals surface area contributed by atoms with Gasteiger partial charge in [-0.2, -0.15) is 8.42 Å². The third kappa shape index (κ3) is 2.05. The van der Waals surface area contributed by atoms with E-state index in [9.17, 15) is 8.42 Å². The maximum atomic E-state index is 10.8. The lowest BCUT2D eigenvalue weighted by atomic mass is 10.2. The Balaban J connectivity index is 2.46. The molecule has 0 saturated heterocycles. The Morgan fingerprint density at radius 2 is 1.87 bits per heavy atom. The first-order chi connectivity index (χ1) is 7.07. The number of rotatable bonds is 2. The van der Waals surface area contributed by atoms with Crippen molar-refractivity contribution in [1.82, 2.24) is 8.96 Å². The van der Waals surface area contributed by atoms with E-state index in [0.29, 0.717) is 9.67 Å². The molecule has 5 nitrogen and oxygen atoms in total. The normalized spacial score (nSPS) is 11.5. The average molecular weight is 224 g/mol. The fourth-order valence-electron chi connectivity index (χ4n) is 1.19. The quantitative estimate of drug-likeness (QED) is 0.778. The van der Waals surface area contributed by atoms with Crippen LogP contribution in [0.5, 0.6) is 0 Å². The van der Waals surface area contributed by atoms with Gasteiger partial charge in [0.1, 0.15) is 6.33 Å². The highest BCUT2D eigenvalue weighted by Gasteiger charge is 2.09. The largest absolute Gasteiger partial charge is 0.364 e. The molecule has 1 aromatic carbocycles. The van der Waals surface area contributed by atoms with Crippen LogP contribution in [0.1, 0.15) is 0 Å². The minimum atomic E-state index is -4.24. The van der Waals surface area contributed by atoms with Gasteiger partial charge in [-0.1, -0.05) is 30.3 Å². The molecule has 6 heteroatoms. The van der Waals surface area contributed by atoms with E-state index in [-0.39, 0.29) is 0 Å². The van der Waals surface area contributed by atoms with Gasteiger partial charge in [0.05, 0.1) is 11.9 Å². The Kier molecular flexibility index (Phi) is 2.29. The molecule has 15 heavy (non-hydrogen) atoms. The van der Waals surface area contributed by atoms with E-state index < -0.39 is 10.3 Å². The van der Waals surface area contributed by atoms with Gasteiger partial charge in [0.2, 0.25) is 0 Å². The van der Waals surface area contributed by atoms with Gasteiger partial charge in [-0.25, -0.2) is 8.96 Å². The predicted molar refractivity (Wildman–Crippen MR) is 54.6 cm³/mol. The molecule has 2 aromatic rings. The van der Waals surface area contributed by atoms with E-state index in [4.69, 9.17) is 4.55 Å². The Morgan fingerprint density at radius 1 is 1.20 bits per heavy atom. The van der Waals surface area contributed by atoms with Crippen LogP contribution in [0.15, 0.2) is 42.9 Å². The van der Waals surface area contributed by atoms with E-state index in [1.807, 2.05) is 18.2 Å². The van der Waals surface area contributed by atoms with Crippen LogP contribution in [-0.4, -0.2) is 21.9 Å². The molecule has 0 atom stereocenters. The summed E-state index contributed by atoms with van der Waals surface area (Å²) in [4.78, 5) is 3.88. The minimum absolute atomic E-state index is 0.494. The van der Waals surface area contributed by atoms with Crippen molar-refractivity contribution in [3.63, 3.8) is 0 Å². The second kappa shape index (κ2) is 3.48. The van der Waals surface area contributed by atoms with E-state index in [0.717, 1.165) is 11.9 Å². The summed E-state index contributed by atoms with van der Waals surface area (Å²) < 4.78 is 30.9. The highest BCUT2D eigenvalue weighted by molar-refractivity contribution is 7.84. The molecule has 2 rings (SSSR count). The molecule has 0 spiro atoms. The Hall–Kier alpha value is -1.66. The van der Waals surface area contributed by atoms with Crippen molar-refractivity contribution in [2.24, 2.45) is 0 Å². The van der Waals surface area contributed by atoms with Gasteiger partial charge in [0, 0.05) is 5.56 Å². The maximum Gasteiger partial charge on any atom is 0.364 e. The van der Waals surface area contributed by atoms with Gasteiger partial charge in [-0.3, -0.25) is 4.55 Å². The van der Waals surface area contributed by atoms with E-state index in [2.05, 4.69) is 4.98 Å². The lowest BCUT2D eigenvalue weighted by molar-refractivity contribution is 0.472. The number of aromatic nitrogens is 2. The van der Waals surface area contributed by atoms with Crippen LogP contribution < -0.4 is 0 Å². The summed E-state index contributed by atoms with van der Waals surface area (Å²) in [5.74, 6) is 0. The highest BCUT2D eigenvalue weighted by Crippen LogP contribution is 2.16. The molecule has 0 unspecified atom stereocenters. The smallest absolute Gasteiger partial charge is 0.269 e. The third-order valence-corrected chi connectivity index (χ3v) is 2.63. The van der Waals surface area contributed by atoms with Gasteiger partial charge >= 0.3 is 10.3 Å². The fraction of sp³-hybridized carbons (Fsp3) is 0. The molecular weight excluding hydrogens is 216 g/mol. The molecule has 0 fully saturated rings. The van der Waals surface area contributed by atoms with Crippen molar-refractivity contribution in [2.45, 2.75) is 0 Å². The number of hydrogen-bond acceptors (Lipinski definition) is 3. The van der Waals surface area contributed by atoms with E-state index in [1.54, 1.807) is 12.1 Å².